The molecule has 7 heteroatoms. The maximum absolute atomic E-state index is 10.6. The number of ether oxygens (including phenoxy) is 2. The first-order chi connectivity index (χ1) is 13.2. The van der Waals surface area contributed by atoms with Gasteiger partial charge in [-0.1, -0.05) is 41.7 Å². The van der Waals surface area contributed by atoms with Crippen molar-refractivity contribution >= 4 is 28.7 Å². The van der Waals surface area contributed by atoms with E-state index in [1.807, 2.05) is 62.4 Å². The Kier molecular flexibility index (Phi) is 4.60. The Morgan fingerprint density at radius 1 is 1.15 bits per heavy atom. The molecule has 0 spiro atoms. The van der Waals surface area contributed by atoms with Gasteiger partial charge in [-0.2, -0.15) is 10.1 Å². The number of benzene rings is 2. The predicted molar refractivity (Wildman–Crippen MR) is 105 cm³/mol. The van der Waals surface area contributed by atoms with Crippen LogP contribution in [-0.4, -0.2) is 27.3 Å². The number of fused-ring (bicyclic) bond motifs is 1. The summed E-state index contributed by atoms with van der Waals surface area (Å²) in [4.78, 5) is 14.9. The molecule has 0 aliphatic carbocycles. The molecular weight excluding hydrogens is 362 g/mol. The fraction of sp³-hybridized carbons (Fsp3) is 0.150. The topological polar surface area (TPSA) is 66.2 Å². The van der Waals surface area contributed by atoms with Gasteiger partial charge in [0.1, 0.15) is 11.4 Å². The number of carbonyl (C=O) groups excluding carboxylic acids is 1. The van der Waals surface area contributed by atoms with Crippen molar-refractivity contribution in [2.75, 3.05) is 0 Å². The van der Waals surface area contributed by atoms with Gasteiger partial charge in [-0.05, 0) is 26.0 Å². The summed E-state index contributed by atoms with van der Waals surface area (Å²) in [5.41, 5.74) is 2.74. The average molecular weight is 379 g/mol. The molecule has 6 nitrogen and oxygen atoms in total. The number of aromatic nitrogens is 3. The second-order valence-electron chi connectivity index (χ2n) is 6.15. The van der Waals surface area contributed by atoms with Crippen LogP contribution < -0.4 is 9.47 Å². The van der Waals surface area contributed by atoms with E-state index >= 15 is 0 Å². The molecule has 2 heterocycles. The molecule has 0 aliphatic heterocycles. The molecule has 0 bridgehead atoms. The molecule has 0 aliphatic rings. The predicted octanol–water partition coefficient (Wildman–Crippen LogP) is 4.47. The van der Waals surface area contributed by atoms with Crippen molar-refractivity contribution < 1.29 is 14.3 Å². The number of rotatable bonds is 6. The van der Waals surface area contributed by atoms with Crippen LogP contribution in [0.5, 0.6) is 11.6 Å². The lowest BCUT2D eigenvalue weighted by molar-refractivity contribution is -0.120. The van der Waals surface area contributed by atoms with E-state index in [0.29, 0.717) is 11.6 Å². The third-order valence-corrected chi connectivity index (χ3v) is 4.69. The van der Waals surface area contributed by atoms with Gasteiger partial charge in [0.25, 0.3) is 6.47 Å². The molecule has 0 atom stereocenters. The maximum atomic E-state index is 10.6. The van der Waals surface area contributed by atoms with Gasteiger partial charge in [-0.25, -0.2) is 4.68 Å². The van der Waals surface area contributed by atoms with Crippen LogP contribution in [0.3, 0.4) is 0 Å². The first-order valence-electron chi connectivity index (χ1n) is 8.47. The molecule has 0 radical (unpaired) electrons. The van der Waals surface area contributed by atoms with E-state index in [-0.39, 0.29) is 12.0 Å². The third-order valence-electron chi connectivity index (χ3n) is 3.89. The molecular formula is C20H17N3O3S. The van der Waals surface area contributed by atoms with E-state index in [4.69, 9.17) is 14.6 Å². The number of nitrogens with zero attached hydrogens (tertiary/aromatic N) is 3. The molecule has 136 valence electrons. The molecule has 0 N–H and O–H groups in total. The SMILES string of the molecule is CC(C)Oc1ccc2c(-c3ccccc3)nn(-c3nc(OC=O)cs3)c2c1. The minimum absolute atomic E-state index is 0.0693. The Balaban J connectivity index is 1.90. The van der Waals surface area contributed by atoms with Gasteiger partial charge in [0.05, 0.1) is 17.0 Å². The first-order valence-corrected chi connectivity index (χ1v) is 9.34. The van der Waals surface area contributed by atoms with Crippen LogP contribution >= 0.6 is 11.3 Å². The largest absolute Gasteiger partial charge is 0.491 e. The molecule has 4 rings (SSSR count). The van der Waals surface area contributed by atoms with Crippen LogP contribution in [0.4, 0.5) is 0 Å². The minimum Gasteiger partial charge on any atom is -0.491 e. The fourth-order valence-corrected chi connectivity index (χ4v) is 3.54. The van der Waals surface area contributed by atoms with E-state index < -0.39 is 0 Å². The standard InChI is InChI=1S/C20H17N3O3S/c1-13(2)26-15-8-9-16-17(10-15)23(20-21-18(11-27-20)25-12-24)22-19(16)14-6-4-3-5-7-14/h3-13H,1-2H3. The first kappa shape index (κ1) is 17.2. The van der Waals surface area contributed by atoms with Crippen LogP contribution in [0.25, 0.3) is 27.3 Å². The highest BCUT2D eigenvalue weighted by Gasteiger charge is 2.17. The monoisotopic (exact) mass is 379 g/mol. The Morgan fingerprint density at radius 3 is 2.70 bits per heavy atom. The molecule has 0 unspecified atom stereocenters. The van der Waals surface area contributed by atoms with Crippen molar-refractivity contribution in [2.45, 2.75) is 20.0 Å². The van der Waals surface area contributed by atoms with E-state index in [9.17, 15) is 4.79 Å². The Hall–Kier alpha value is -3.19. The van der Waals surface area contributed by atoms with Gasteiger partial charge < -0.3 is 9.47 Å². The zero-order chi connectivity index (χ0) is 18.8. The summed E-state index contributed by atoms with van der Waals surface area (Å²) < 4.78 is 12.4. The third kappa shape index (κ3) is 3.41. The highest BCUT2D eigenvalue weighted by atomic mass is 32.1. The Morgan fingerprint density at radius 2 is 1.96 bits per heavy atom. The maximum Gasteiger partial charge on any atom is 0.299 e. The number of hydrogen-bond donors (Lipinski definition) is 0. The van der Waals surface area contributed by atoms with Gasteiger partial charge in [0, 0.05) is 17.0 Å². The van der Waals surface area contributed by atoms with Gasteiger partial charge in [0.2, 0.25) is 11.0 Å². The Labute approximate surface area is 160 Å². The summed E-state index contributed by atoms with van der Waals surface area (Å²) >= 11 is 1.35. The lowest BCUT2D eigenvalue weighted by Gasteiger charge is -2.09. The van der Waals surface area contributed by atoms with E-state index in [1.54, 1.807) is 10.1 Å². The van der Waals surface area contributed by atoms with Crippen molar-refractivity contribution in [1.82, 2.24) is 14.8 Å². The van der Waals surface area contributed by atoms with E-state index in [1.165, 1.54) is 11.3 Å². The van der Waals surface area contributed by atoms with Crippen LogP contribution in [0.15, 0.2) is 53.9 Å². The zero-order valence-corrected chi connectivity index (χ0v) is 15.6. The quantitative estimate of drug-likeness (QED) is 0.462. The van der Waals surface area contributed by atoms with Gasteiger partial charge in [0.15, 0.2) is 0 Å². The highest BCUT2D eigenvalue weighted by molar-refractivity contribution is 7.12. The van der Waals surface area contributed by atoms with Gasteiger partial charge in [-0.15, -0.1) is 0 Å². The zero-order valence-electron chi connectivity index (χ0n) is 14.8. The van der Waals surface area contributed by atoms with Crippen LogP contribution in [0.1, 0.15) is 13.8 Å². The highest BCUT2D eigenvalue weighted by Crippen LogP contribution is 2.33. The number of thiazole rings is 1. The van der Waals surface area contributed by atoms with Crippen molar-refractivity contribution in [2.24, 2.45) is 0 Å². The second-order valence-corrected chi connectivity index (χ2v) is 6.99. The van der Waals surface area contributed by atoms with Gasteiger partial charge >= 0.3 is 0 Å². The summed E-state index contributed by atoms with van der Waals surface area (Å²) in [7, 11) is 0. The summed E-state index contributed by atoms with van der Waals surface area (Å²) in [6.07, 6.45) is 0.0693. The van der Waals surface area contributed by atoms with Crippen molar-refractivity contribution in [3.8, 4) is 28.0 Å². The molecule has 0 fully saturated rings. The molecule has 27 heavy (non-hydrogen) atoms. The van der Waals surface area contributed by atoms with Crippen molar-refractivity contribution in [1.29, 1.82) is 0 Å². The van der Waals surface area contributed by atoms with Crippen molar-refractivity contribution in [3.05, 3.63) is 53.9 Å². The fourth-order valence-electron chi connectivity index (χ4n) is 2.85. The van der Waals surface area contributed by atoms with Crippen LogP contribution in [0, 0.1) is 0 Å². The molecule has 0 saturated carbocycles. The average Bonchev–Trinajstić information content (AvgIpc) is 3.26. The normalized spacial score (nSPS) is 11.1. The molecule has 0 saturated heterocycles. The van der Waals surface area contributed by atoms with Crippen LogP contribution in [0.2, 0.25) is 0 Å². The lowest BCUT2D eigenvalue weighted by Crippen LogP contribution is -2.05. The summed E-state index contributed by atoms with van der Waals surface area (Å²) in [5.74, 6) is 1.02. The molecule has 2 aromatic carbocycles. The minimum atomic E-state index is 0.0693. The van der Waals surface area contributed by atoms with Crippen LogP contribution in [-0.2, 0) is 4.79 Å². The smallest absolute Gasteiger partial charge is 0.299 e. The number of carbonyl (C=O) groups is 1. The second kappa shape index (κ2) is 7.20. The van der Waals surface area contributed by atoms with Gasteiger partial charge in [-0.3, -0.25) is 4.79 Å². The molecule has 0 amide bonds. The van der Waals surface area contributed by atoms with E-state index in [0.717, 1.165) is 27.9 Å². The molecule has 2 aromatic heterocycles. The summed E-state index contributed by atoms with van der Waals surface area (Å²) in [5, 5.41) is 8.07. The summed E-state index contributed by atoms with van der Waals surface area (Å²) in [6, 6.07) is 15.9. The summed E-state index contributed by atoms with van der Waals surface area (Å²) in [6.45, 7) is 4.34. The van der Waals surface area contributed by atoms with Crippen molar-refractivity contribution in [3.63, 3.8) is 0 Å². The Bertz CT molecular complexity index is 1090. The van der Waals surface area contributed by atoms with E-state index in [2.05, 4.69) is 4.98 Å². The lowest BCUT2D eigenvalue weighted by atomic mass is 10.1. The number of hydrogen-bond acceptors (Lipinski definition) is 6. The molecule has 4 aromatic rings.